The van der Waals surface area contributed by atoms with Crippen LogP contribution in [-0.4, -0.2) is 10.5 Å². The van der Waals surface area contributed by atoms with Crippen LogP contribution in [0, 0.1) is 0 Å². The molecule has 1 aliphatic rings. The highest BCUT2D eigenvalue weighted by atomic mass is 35.5. The van der Waals surface area contributed by atoms with Crippen molar-refractivity contribution in [3.63, 3.8) is 0 Å². The maximum atomic E-state index is 5.84. The predicted molar refractivity (Wildman–Crippen MR) is 92.2 cm³/mol. The Morgan fingerprint density at radius 3 is 2.55 bits per heavy atom. The zero-order chi connectivity index (χ0) is 13.8. The number of nitrogens with zero attached hydrogens (tertiary/aromatic N) is 1. The topological polar surface area (TPSA) is 3.24 Å². The minimum Gasteiger partial charge on any atom is -0.282 e. The number of thioether (sulfide) groups is 1. The van der Waals surface area contributed by atoms with Gasteiger partial charge in [0.1, 0.15) is 0 Å². The first-order valence-corrected chi connectivity index (χ1v) is 8.97. The molecule has 3 rings (SSSR count). The number of fused-ring (bicyclic) bond motifs is 1. The summed E-state index contributed by atoms with van der Waals surface area (Å²) in [6.07, 6.45) is 2.20. The lowest BCUT2D eigenvalue weighted by Crippen LogP contribution is -2.17. The van der Waals surface area contributed by atoms with Gasteiger partial charge in [0.25, 0.3) is 0 Å². The molecule has 0 amide bonds. The second-order valence-corrected chi connectivity index (χ2v) is 7.65. The Bertz CT molecular complexity index is 561. The number of para-hydroxylation sites is 2. The average molecular weight is 322 g/mol. The normalized spacial score (nSPS) is 17.9. The van der Waals surface area contributed by atoms with Crippen molar-refractivity contribution in [2.45, 2.75) is 22.3 Å². The van der Waals surface area contributed by atoms with Crippen LogP contribution in [0.25, 0.3) is 0 Å². The van der Waals surface area contributed by atoms with Gasteiger partial charge >= 0.3 is 0 Å². The Labute approximate surface area is 133 Å². The Morgan fingerprint density at radius 2 is 1.75 bits per heavy atom. The molecule has 0 radical (unpaired) electrons. The third-order valence-corrected chi connectivity index (χ3v) is 6.13. The van der Waals surface area contributed by atoms with Crippen molar-refractivity contribution in [1.82, 2.24) is 0 Å². The molecule has 0 spiro atoms. The van der Waals surface area contributed by atoms with E-state index < -0.39 is 0 Å². The fourth-order valence-corrected chi connectivity index (χ4v) is 5.16. The molecule has 0 fully saturated rings. The summed E-state index contributed by atoms with van der Waals surface area (Å²) in [6, 6.07) is 19.2. The molecule has 1 aliphatic heterocycles. The van der Waals surface area contributed by atoms with Crippen LogP contribution in [0.4, 0.5) is 11.4 Å². The molecule has 2 aromatic rings. The van der Waals surface area contributed by atoms with Crippen LogP contribution in [0.15, 0.2) is 59.5 Å². The maximum absolute atomic E-state index is 5.84. The number of hydrogen-bond donors (Lipinski definition) is 0. The average Bonchev–Trinajstić information content (AvgIpc) is 2.53. The molecule has 1 nitrogen and oxygen atoms in total. The van der Waals surface area contributed by atoms with Crippen molar-refractivity contribution in [3.8, 4) is 0 Å². The first-order chi connectivity index (χ1) is 9.88. The molecule has 1 unspecified atom stereocenters. The number of halogens is 1. The number of hydrogen-bond acceptors (Lipinski definition) is 3. The van der Waals surface area contributed by atoms with Crippen molar-refractivity contribution in [1.29, 1.82) is 0 Å². The third kappa shape index (κ3) is 3.11. The quantitative estimate of drug-likeness (QED) is 0.508. The molecule has 20 heavy (non-hydrogen) atoms. The molecule has 0 saturated carbocycles. The second kappa shape index (κ2) is 6.79. The summed E-state index contributed by atoms with van der Waals surface area (Å²) in [5.41, 5.74) is 2.52. The smallest absolute Gasteiger partial charge is 0.0754 e. The lowest BCUT2D eigenvalue weighted by molar-refractivity contribution is 0.873. The van der Waals surface area contributed by atoms with Crippen LogP contribution in [0.3, 0.4) is 0 Å². The van der Waals surface area contributed by atoms with Crippen LogP contribution in [-0.2, 0) is 0 Å². The van der Waals surface area contributed by atoms with Gasteiger partial charge < -0.3 is 0 Å². The molecular formula is C16H16ClNS2. The monoisotopic (exact) mass is 321 g/mol. The van der Waals surface area contributed by atoms with E-state index in [9.17, 15) is 0 Å². The minimum atomic E-state index is 0.531. The highest BCUT2D eigenvalue weighted by molar-refractivity contribution is 8.18. The van der Waals surface area contributed by atoms with Gasteiger partial charge in [-0.3, -0.25) is 4.31 Å². The predicted octanol–water partition coefficient (Wildman–Crippen LogP) is 5.92. The Morgan fingerprint density at radius 1 is 1.00 bits per heavy atom. The van der Waals surface area contributed by atoms with Crippen molar-refractivity contribution in [2.24, 2.45) is 0 Å². The molecule has 0 aromatic heterocycles. The van der Waals surface area contributed by atoms with Gasteiger partial charge in [-0.25, -0.2) is 0 Å². The SMILES string of the molecule is ClCCCC1Sc2ccccc2N(c2ccccc2)S1. The molecule has 2 aromatic carbocycles. The number of alkyl halides is 1. The lowest BCUT2D eigenvalue weighted by atomic mass is 10.2. The first-order valence-electron chi connectivity index (χ1n) is 6.72. The van der Waals surface area contributed by atoms with Crippen LogP contribution in [0.1, 0.15) is 12.8 Å². The van der Waals surface area contributed by atoms with Gasteiger partial charge in [0.15, 0.2) is 0 Å². The molecule has 0 saturated heterocycles. The summed E-state index contributed by atoms with van der Waals surface area (Å²) in [5.74, 6) is 0.741. The Balaban J connectivity index is 1.91. The molecule has 0 N–H and O–H groups in total. The highest BCUT2D eigenvalue weighted by Crippen LogP contribution is 2.50. The van der Waals surface area contributed by atoms with Gasteiger partial charge in [0.2, 0.25) is 0 Å². The number of rotatable bonds is 4. The van der Waals surface area contributed by atoms with Gasteiger partial charge in [0.05, 0.1) is 16.0 Å². The molecular weight excluding hydrogens is 306 g/mol. The minimum absolute atomic E-state index is 0.531. The van der Waals surface area contributed by atoms with Crippen molar-refractivity contribution < 1.29 is 0 Å². The zero-order valence-corrected chi connectivity index (χ0v) is 13.4. The van der Waals surface area contributed by atoms with Gasteiger partial charge in [0, 0.05) is 10.8 Å². The van der Waals surface area contributed by atoms with Gasteiger partial charge in [-0.1, -0.05) is 30.3 Å². The van der Waals surface area contributed by atoms with E-state index in [-0.39, 0.29) is 0 Å². The third-order valence-electron chi connectivity index (χ3n) is 3.13. The second-order valence-electron chi connectivity index (χ2n) is 4.58. The summed E-state index contributed by atoms with van der Waals surface area (Å²) in [7, 11) is 0. The fourth-order valence-electron chi connectivity index (χ4n) is 2.18. The number of anilines is 2. The molecule has 1 atom stereocenters. The maximum Gasteiger partial charge on any atom is 0.0754 e. The number of benzene rings is 2. The Hall–Kier alpha value is -0.770. The Kier molecular flexibility index (Phi) is 4.81. The van der Waals surface area contributed by atoms with E-state index >= 15 is 0 Å². The molecule has 104 valence electrons. The summed E-state index contributed by atoms with van der Waals surface area (Å²) in [6.45, 7) is 0. The van der Waals surface area contributed by atoms with E-state index in [0.717, 1.165) is 18.7 Å². The van der Waals surface area contributed by atoms with E-state index in [1.807, 2.05) is 23.7 Å². The van der Waals surface area contributed by atoms with Gasteiger partial charge in [-0.2, -0.15) is 0 Å². The standard InChI is InChI=1S/C16H16ClNS2/c17-12-6-11-16-19-15-10-5-4-9-14(15)18(20-16)13-7-2-1-3-8-13/h1-5,7-10,16H,6,11-12H2. The van der Waals surface area contributed by atoms with E-state index in [0.29, 0.717) is 4.58 Å². The van der Waals surface area contributed by atoms with Crippen LogP contribution < -0.4 is 4.31 Å². The summed E-state index contributed by atoms with van der Waals surface area (Å²) in [5, 5.41) is 0. The van der Waals surface area contributed by atoms with Crippen molar-refractivity contribution >= 4 is 46.7 Å². The van der Waals surface area contributed by atoms with E-state index in [2.05, 4.69) is 58.9 Å². The molecule has 1 heterocycles. The van der Waals surface area contributed by atoms with E-state index in [4.69, 9.17) is 11.6 Å². The molecule has 4 heteroatoms. The van der Waals surface area contributed by atoms with Crippen LogP contribution >= 0.6 is 35.3 Å². The van der Waals surface area contributed by atoms with Gasteiger partial charge in [-0.15, -0.1) is 23.4 Å². The van der Waals surface area contributed by atoms with E-state index in [1.165, 1.54) is 16.3 Å². The summed E-state index contributed by atoms with van der Waals surface area (Å²) >= 11 is 9.71. The first kappa shape index (κ1) is 14.2. The van der Waals surface area contributed by atoms with Crippen LogP contribution in [0.2, 0.25) is 0 Å². The fraction of sp³-hybridized carbons (Fsp3) is 0.250. The highest BCUT2D eigenvalue weighted by Gasteiger charge is 2.26. The zero-order valence-electron chi connectivity index (χ0n) is 11.0. The van der Waals surface area contributed by atoms with Crippen LogP contribution in [0.5, 0.6) is 0 Å². The van der Waals surface area contributed by atoms with Crippen molar-refractivity contribution in [3.05, 3.63) is 54.6 Å². The molecule has 0 bridgehead atoms. The van der Waals surface area contributed by atoms with Gasteiger partial charge in [-0.05, 0) is 49.1 Å². The lowest BCUT2D eigenvalue weighted by Gasteiger charge is -2.34. The van der Waals surface area contributed by atoms with E-state index in [1.54, 1.807) is 0 Å². The summed E-state index contributed by atoms with van der Waals surface area (Å²) in [4.78, 5) is 1.36. The molecule has 0 aliphatic carbocycles. The largest absolute Gasteiger partial charge is 0.282 e. The summed E-state index contributed by atoms with van der Waals surface area (Å²) < 4.78 is 2.88. The van der Waals surface area contributed by atoms with Crippen molar-refractivity contribution in [2.75, 3.05) is 10.2 Å².